The van der Waals surface area contributed by atoms with Crippen molar-refractivity contribution in [3.63, 3.8) is 0 Å². The fourth-order valence-corrected chi connectivity index (χ4v) is 1.79. The van der Waals surface area contributed by atoms with Crippen LogP contribution in [0.1, 0.15) is 31.1 Å². The van der Waals surface area contributed by atoms with Crippen molar-refractivity contribution in [1.82, 2.24) is 20.8 Å². The molecule has 2 heterocycles. The molecule has 0 bridgehead atoms. The lowest BCUT2D eigenvalue weighted by molar-refractivity contribution is 0.350. The van der Waals surface area contributed by atoms with Crippen molar-refractivity contribution in [3.05, 3.63) is 11.7 Å². The molecule has 5 heteroatoms. The zero-order chi connectivity index (χ0) is 10.7. The monoisotopic (exact) mass is 210 g/mol. The number of nitrogens with one attached hydrogen (secondary N) is 2. The summed E-state index contributed by atoms with van der Waals surface area (Å²) < 4.78 is 5.22. The lowest BCUT2D eigenvalue weighted by atomic mass is 10.1. The minimum absolute atomic E-state index is 0.157. The smallest absolute Gasteiger partial charge is 0.227 e. The van der Waals surface area contributed by atoms with E-state index < -0.39 is 0 Å². The highest BCUT2D eigenvalue weighted by Gasteiger charge is 2.19. The van der Waals surface area contributed by atoms with E-state index in [1.807, 2.05) is 14.0 Å². The number of aromatic nitrogens is 2. The summed E-state index contributed by atoms with van der Waals surface area (Å²) in [5.74, 6) is 2.17. The molecular formula is C10H18N4O. The highest BCUT2D eigenvalue weighted by atomic mass is 16.5. The standard InChI is InChI=1S/C10H18N4O/c1-7(11-2)10-13-9(15-14-10)5-8-3-4-12-6-8/h7-8,11-12H,3-6H2,1-2H3. The normalized spacial score (nSPS) is 23.2. The van der Waals surface area contributed by atoms with Gasteiger partial charge < -0.3 is 15.2 Å². The molecule has 1 aliphatic rings. The third kappa shape index (κ3) is 2.54. The van der Waals surface area contributed by atoms with Gasteiger partial charge in [-0.3, -0.25) is 0 Å². The topological polar surface area (TPSA) is 63.0 Å². The zero-order valence-corrected chi connectivity index (χ0v) is 9.29. The molecule has 1 saturated heterocycles. The summed E-state index contributed by atoms with van der Waals surface area (Å²) in [4.78, 5) is 4.38. The predicted octanol–water partition coefficient (Wildman–Crippen LogP) is 0.502. The Hall–Kier alpha value is -0.940. The lowest BCUT2D eigenvalue weighted by Gasteiger charge is -2.03. The number of hydrogen-bond acceptors (Lipinski definition) is 5. The fraction of sp³-hybridized carbons (Fsp3) is 0.800. The molecule has 2 rings (SSSR count). The maximum atomic E-state index is 5.22. The first-order valence-electron chi connectivity index (χ1n) is 5.50. The van der Waals surface area contributed by atoms with Gasteiger partial charge in [-0.15, -0.1) is 0 Å². The SMILES string of the molecule is CNC(C)c1noc(CC2CCNC2)n1. The molecule has 1 aliphatic heterocycles. The van der Waals surface area contributed by atoms with Gasteiger partial charge in [0.1, 0.15) is 0 Å². The quantitative estimate of drug-likeness (QED) is 0.758. The molecule has 15 heavy (non-hydrogen) atoms. The molecule has 1 aromatic rings. The van der Waals surface area contributed by atoms with Gasteiger partial charge in [-0.1, -0.05) is 5.16 Å². The Balaban J connectivity index is 1.94. The molecule has 1 fully saturated rings. The van der Waals surface area contributed by atoms with Gasteiger partial charge in [0.15, 0.2) is 5.82 Å². The molecule has 5 nitrogen and oxygen atoms in total. The van der Waals surface area contributed by atoms with Crippen LogP contribution in [0, 0.1) is 5.92 Å². The van der Waals surface area contributed by atoms with E-state index in [4.69, 9.17) is 4.52 Å². The van der Waals surface area contributed by atoms with E-state index in [1.165, 1.54) is 6.42 Å². The summed E-state index contributed by atoms with van der Waals surface area (Å²) in [6.07, 6.45) is 2.11. The molecule has 0 saturated carbocycles. The average Bonchev–Trinajstić information content (AvgIpc) is 2.88. The van der Waals surface area contributed by atoms with Gasteiger partial charge in [0, 0.05) is 6.42 Å². The summed E-state index contributed by atoms with van der Waals surface area (Å²) in [6, 6.07) is 0.157. The molecule has 2 unspecified atom stereocenters. The van der Waals surface area contributed by atoms with E-state index in [0.29, 0.717) is 5.92 Å². The first-order chi connectivity index (χ1) is 7.29. The third-order valence-corrected chi connectivity index (χ3v) is 2.93. The molecule has 84 valence electrons. The highest BCUT2D eigenvalue weighted by Crippen LogP contribution is 2.15. The van der Waals surface area contributed by atoms with Gasteiger partial charge in [0.2, 0.25) is 5.89 Å². The summed E-state index contributed by atoms with van der Waals surface area (Å²) in [6.45, 7) is 4.20. The third-order valence-electron chi connectivity index (χ3n) is 2.93. The second kappa shape index (κ2) is 4.72. The van der Waals surface area contributed by atoms with Gasteiger partial charge in [-0.2, -0.15) is 4.98 Å². The average molecular weight is 210 g/mol. The van der Waals surface area contributed by atoms with Crippen molar-refractivity contribution in [2.24, 2.45) is 5.92 Å². The number of hydrogen-bond donors (Lipinski definition) is 2. The van der Waals surface area contributed by atoms with Gasteiger partial charge in [0.25, 0.3) is 0 Å². The Morgan fingerprint density at radius 2 is 2.53 bits per heavy atom. The molecule has 0 amide bonds. The van der Waals surface area contributed by atoms with E-state index in [0.717, 1.165) is 31.2 Å². The van der Waals surface area contributed by atoms with Gasteiger partial charge in [0.05, 0.1) is 6.04 Å². The van der Waals surface area contributed by atoms with E-state index in [-0.39, 0.29) is 6.04 Å². The molecule has 0 radical (unpaired) electrons. The predicted molar refractivity (Wildman–Crippen MR) is 56.5 cm³/mol. The Morgan fingerprint density at radius 3 is 3.20 bits per heavy atom. The van der Waals surface area contributed by atoms with E-state index in [1.54, 1.807) is 0 Å². The number of nitrogens with zero attached hydrogens (tertiary/aromatic N) is 2. The minimum atomic E-state index is 0.157. The second-order valence-electron chi connectivity index (χ2n) is 4.12. The van der Waals surface area contributed by atoms with Crippen LogP contribution in [0.25, 0.3) is 0 Å². The first kappa shape index (κ1) is 10.6. The minimum Gasteiger partial charge on any atom is -0.339 e. The summed E-state index contributed by atoms with van der Waals surface area (Å²) in [7, 11) is 1.89. The van der Waals surface area contributed by atoms with Crippen LogP contribution in [-0.4, -0.2) is 30.3 Å². The summed E-state index contributed by atoms with van der Waals surface area (Å²) in [5, 5.41) is 10.4. The largest absolute Gasteiger partial charge is 0.339 e. The van der Waals surface area contributed by atoms with Gasteiger partial charge >= 0.3 is 0 Å². The Morgan fingerprint density at radius 1 is 1.67 bits per heavy atom. The Kier molecular flexibility index (Phi) is 3.33. The van der Waals surface area contributed by atoms with Crippen LogP contribution < -0.4 is 10.6 Å². The Bertz CT molecular complexity index is 306. The summed E-state index contributed by atoms with van der Waals surface area (Å²) in [5.41, 5.74) is 0. The molecular weight excluding hydrogens is 192 g/mol. The molecule has 0 aliphatic carbocycles. The van der Waals surface area contributed by atoms with E-state index in [9.17, 15) is 0 Å². The molecule has 2 N–H and O–H groups in total. The molecule has 0 aromatic carbocycles. The van der Waals surface area contributed by atoms with Crippen LogP contribution >= 0.6 is 0 Å². The Labute approximate surface area is 89.6 Å². The van der Waals surface area contributed by atoms with Crippen LogP contribution in [0.15, 0.2) is 4.52 Å². The van der Waals surface area contributed by atoms with Crippen molar-refractivity contribution in [2.75, 3.05) is 20.1 Å². The molecule has 1 aromatic heterocycles. The second-order valence-corrected chi connectivity index (χ2v) is 4.12. The van der Waals surface area contributed by atoms with Crippen molar-refractivity contribution >= 4 is 0 Å². The number of rotatable bonds is 4. The van der Waals surface area contributed by atoms with Crippen molar-refractivity contribution in [1.29, 1.82) is 0 Å². The van der Waals surface area contributed by atoms with Gasteiger partial charge in [-0.25, -0.2) is 0 Å². The van der Waals surface area contributed by atoms with Crippen molar-refractivity contribution < 1.29 is 4.52 Å². The van der Waals surface area contributed by atoms with E-state index >= 15 is 0 Å². The van der Waals surface area contributed by atoms with Crippen LogP contribution in [0.2, 0.25) is 0 Å². The van der Waals surface area contributed by atoms with Crippen LogP contribution in [0.5, 0.6) is 0 Å². The lowest BCUT2D eigenvalue weighted by Crippen LogP contribution is -2.14. The van der Waals surface area contributed by atoms with Crippen LogP contribution in [0.4, 0.5) is 0 Å². The van der Waals surface area contributed by atoms with E-state index in [2.05, 4.69) is 20.8 Å². The molecule has 0 spiro atoms. The highest BCUT2D eigenvalue weighted by molar-refractivity contribution is 4.93. The van der Waals surface area contributed by atoms with Crippen molar-refractivity contribution in [2.45, 2.75) is 25.8 Å². The maximum Gasteiger partial charge on any atom is 0.227 e. The van der Waals surface area contributed by atoms with Crippen LogP contribution in [-0.2, 0) is 6.42 Å². The van der Waals surface area contributed by atoms with Crippen LogP contribution in [0.3, 0.4) is 0 Å². The summed E-state index contributed by atoms with van der Waals surface area (Å²) >= 11 is 0. The van der Waals surface area contributed by atoms with Crippen molar-refractivity contribution in [3.8, 4) is 0 Å². The maximum absolute atomic E-state index is 5.22. The zero-order valence-electron chi connectivity index (χ0n) is 9.29. The fourth-order valence-electron chi connectivity index (χ4n) is 1.79. The van der Waals surface area contributed by atoms with Gasteiger partial charge in [-0.05, 0) is 39.4 Å². The first-order valence-corrected chi connectivity index (χ1v) is 5.50. The molecule has 2 atom stereocenters.